The highest BCUT2D eigenvalue weighted by molar-refractivity contribution is 8.02. The number of ketones is 1. The summed E-state index contributed by atoms with van der Waals surface area (Å²) < 4.78 is 0. The lowest BCUT2D eigenvalue weighted by molar-refractivity contribution is -0.124. The fourth-order valence-electron chi connectivity index (χ4n) is 3.64. The van der Waals surface area contributed by atoms with Crippen LogP contribution in [0.15, 0.2) is 46.9 Å². The lowest BCUT2D eigenvalue weighted by atomic mass is 9.96. The molecule has 1 aliphatic carbocycles. The largest absolute Gasteiger partial charge is 0.347 e. The molecule has 1 rings (SSSR count). The van der Waals surface area contributed by atoms with E-state index in [1.165, 1.54) is 42.6 Å². The number of carbonyl (C=O) groups is 2. The van der Waals surface area contributed by atoms with E-state index >= 15 is 0 Å². The van der Waals surface area contributed by atoms with Gasteiger partial charge in [0.1, 0.15) is 5.78 Å². The Morgan fingerprint density at radius 2 is 1.62 bits per heavy atom. The Morgan fingerprint density at radius 3 is 2.00 bits per heavy atom. The second-order valence-corrected chi connectivity index (χ2v) is 11.8. The van der Waals surface area contributed by atoms with E-state index in [1.54, 1.807) is 18.7 Å². The Bertz CT molecular complexity index is 773. The maximum atomic E-state index is 12.3. The number of allylic oxidation sites excluding steroid dienone is 5. The maximum Gasteiger partial charge on any atom is 0.224 e. The normalized spacial score (nSPS) is 19.5. The van der Waals surface area contributed by atoms with Crippen molar-refractivity contribution < 1.29 is 9.59 Å². The van der Waals surface area contributed by atoms with Gasteiger partial charge in [0, 0.05) is 16.7 Å². The molecule has 1 fully saturated rings. The van der Waals surface area contributed by atoms with E-state index in [0.29, 0.717) is 11.8 Å². The Morgan fingerprint density at radius 1 is 1.05 bits per heavy atom. The van der Waals surface area contributed by atoms with Gasteiger partial charge in [-0.1, -0.05) is 90.7 Å². The molecular formula is C33H59NO2S. The summed E-state index contributed by atoms with van der Waals surface area (Å²) in [6, 6.07) is 0. The van der Waals surface area contributed by atoms with Crippen LogP contribution in [-0.4, -0.2) is 23.5 Å². The molecule has 3 unspecified atom stereocenters. The van der Waals surface area contributed by atoms with Crippen molar-refractivity contribution in [1.29, 1.82) is 0 Å². The number of amides is 1. The highest BCUT2D eigenvalue weighted by Gasteiger charge is 2.52. The smallest absolute Gasteiger partial charge is 0.224 e. The van der Waals surface area contributed by atoms with Gasteiger partial charge in [-0.2, -0.15) is 0 Å². The summed E-state index contributed by atoms with van der Waals surface area (Å²) in [5.41, 5.74) is 2.08. The molecule has 4 heteroatoms. The van der Waals surface area contributed by atoms with Crippen molar-refractivity contribution in [3.63, 3.8) is 0 Å². The van der Waals surface area contributed by atoms with Crippen molar-refractivity contribution in [3.05, 3.63) is 46.9 Å². The second kappa shape index (κ2) is 20.4. The summed E-state index contributed by atoms with van der Waals surface area (Å²) in [7, 11) is 0. The van der Waals surface area contributed by atoms with Crippen LogP contribution in [0.5, 0.6) is 0 Å². The molecule has 1 aliphatic rings. The van der Waals surface area contributed by atoms with Gasteiger partial charge >= 0.3 is 0 Å². The van der Waals surface area contributed by atoms with Gasteiger partial charge in [0.15, 0.2) is 0 Å². The predicted molar refractivity (Wildman–Crippen MR) is 168 cm³/mol. The van der Waals surface area contributed by atoms with Gasteiger partial charge in [0.2, 0.25) is 5.91 Å². The number of unbranched alkanes of at least 4 members (excludes halogenated alkanes) is 2. The van der Waals surface area contributed by atoms with Crippen LogP contribution in [0.1, 0.15) is 115 Å². The first-order valence-electron chi connectivity index (χ1n) is 14.3. The molecule has 0 bridgehead atoms. The molecule has 0 aromatic heterocycles. The molecule has 0 aliphatic heterocycles. The number of carbonyl (C=O) groups excluding carboxylic acids is 2. The molecule has 37 heavy (non-hydrogen) atoms. The molecule has 1 N–H and O–H groups in total. The highest BCUT2D eigenvalue weighted by atomic mass is 32.2. The first kappa shape index (κ1) is 37.6. The summed E-state index contributed by atoms with van der Waals surface area (Å²) in [5.74, 6) is 2.18. The number of hydrogen-bond acceptors (Lipinski definition) is 3. The minimum absolute atomic E-state index is 0.213. The lowest BCUT2D eigenvalue weighted by Gasteiger charge is -2.27. The van der Waals surface area contributed by atoms with Crippen molar-refractivity contribution in [2.45, 2.75) is 120 Å². The van der Waals surface area contributed by atoms with Crippen LogP contribution < -0.4 is 5.32 Å². The molecule has 0 aromatic rings. The quantitative estimate of drug-likeness (QED) is 0.189. The number of thioether (sulfide) groups is 1. The maximum absolute atomic E-state index is 12.3. The Hall–Kier alpha value is -1.55. The molecule has 1 saturated carbocycles. The average molecular weight is 534 g/mol. The minimum atomic E-state index is -0.284. The highest BCUT2D eigenvalue weighted by Crippen LogP contribution is 2.51. The molecule has 3 nitrogen and oxygen atoms in total. The van der Waals surface area contributed by atoms with Crippen LogP contribution in [0.3, 0.4) is 0 Å². The van der Waals surface area contributed by atoms with Gasteiger partial charge in [-0.05, 0) is 84.1 Å². The van der Waals surface area contributed by atoms with Gasteiger partial charge in [0.25, 0.3) is 0 Å². The van der Waals surface area contributed by atoms with Crippen molar-refractivity contribution in [3.8, 4) is 0 Å². The molecule has 0 spiro atoms. The summed E-state index contributed by atoms with van der Waals surface area (Å²) in [5, 5.41) is 3.15. The summed E-state index contributed by atoms with van der Waals surface area (Å²) in [6.07, 6.45) is 18.0. The van der Waals surface area contributed by atoms with Crippen LogP contribution in [-0.2, 0) is 9.59 Å². The van der Waals surface area contributed by atoms with E-state index in [9.17, 15) is 9.59 Å². The van der Waals surface area contributed by atoms with Gasteiger partial charge in [-0.15, -0.1) is 11.8 Å². The third-order valence-corrected chi connectivity index (χ3v) is 8.09. The molecule has 214 valence electrons. The van der Waals surface area contributed by atoms with E-state index in [4.69, 9.17) is 0 Å². The molecule has 0 radical (unpaired) electrons. The lowest BCUT2D eigenvalue weighted by Crippen LogP contribution is -2.45. The summed E-state index contributed by atoms with van der Waals surface area (Å²) >= 11 is 1.80. The zero-order valence-corrected chi connectivity index (χ0v) is 27.1. The van der Waals surface area contributed by atoms with Gasteiger partial charge < -0.3 is 5.32 Å². The molecule has 1 amide bonds. The number of hydrogen-bond donors (Lipinski definition) is 1. The third kappa shape index (κ3) is 16.1. The summed E-state index contributed by atoms with van der Waals surface area (Å²) in [6.45, 7) is 26.2. The predicted octanol–water partition coefficient (Wildman–Crippen LogP) is 9.71. The van der Waals surface area contributed by atoms with Gasteiger partial charge in [-0.25, -0.2) is 0 Å². The molecule has 3 atom stereocenters. The first-order chi connectivity index (χ1) is 17.2. The fraction of sp³-hybridized carbons (Fsp3) is 0.697. The Kier molecular flexibility index (Phi) is 20.7. The molecule has 0 heterocycles. The number of Topliss-reactive ketones (excluding diaryl/α,β-unsaturated/α-hetero) is 1. The Labute approximate surface area is 235 Å². The molecule has 0 saturated heterocycles. The van der Waals surface area contributed by atoms with Crippen molar-refractivity contribution in [2.24, 2.45) is 23.7 Å². The van der Waals surface area contributed by atoms with Crippen LogP contribution in [0.2, 0.25) is 0 Å². The van der Waals surface area contributed by atoms with Gasteiger partial charge in [0.05, 0.1) is 5.54 Å². The van der Waals surface area contributed by atoms with Crippen LogP contribution in [0.25, 0.3) is 0 Å². The van der Waals surface area contributed by atoms with E-state index in [2.05, 4.69) is 77.1 Å². The first-order valence-corrected chi connectivity index (χ1v) is 15.5. The molecule has 0 aromatic carbocycles. The number of rotatable bonds is 13. The van der Waals surface area contributed by atoms with Gasteiger partial charge in [-0.3, -0.25) is 9.59 Å². The minimum Gasteiger partial charge on any atom is -0.347 e. The van der Waals surface area contributed by atoms with Crippen molar-refractivity contribution in [1.82, 2.24) is 5.32 Å². The summed E-state index contributed by atoms with van der Waals surface area (Å²) in [4.78, 5) is 23.8. The monoisotopic (exact) mass is 533 g/mol. The SMILES string of the molecule is C/C=C(C)/C(=C\C=C/CCC)SC.C=C(C)C(C)(C)NC(=O)C1C(CC)C1CCCC.CC(=O)C(C)C. The fourth-order valence-corrected chi connectivity index (χ4v) is 4.30. The second-order valence-electron chi connectivity index (χ2n) is 11.0. The zero-order valence-electron chi connectivity index (χ0n) is 26.3. The van der Waals surface area contributed by atoms with Crippen LogP contribution >= 0.6 is 11.8 Å². The van der Waals surface area contributed by atoms with E-state index in [0.717, 1.165) is 12.0 Å². The van der Waals surface area contributed by atoms with Crippen LogP contribution in [0.4, 0.5) is 0 Å². The van der Waals surface area contributed by atoms with E-state index < -0.39 is 0 Å². The van der Waals surface area contributed by atoms with E-state index in [-0.39, 0.29) is 29.1 Å². The van der Waals surface area contributed by atoms with Crippen LogP contribution in [0, 0.1) is 23.7 Å². The van der Waals surface area contributed by atoms with Crippen molar-refractivity contribution >= 4 is 23.5 Å². The standard InChI is InChI=1S/C16H29NO.C12H20S.C5H10O/c1-7-9-10-13-12(8-2)14(13)15(18)17-16(5,6)11(3)4;1-5-7-8-9-10-12(13-4)11(3)6-2;1-4(2)5(3)6/h12-14H,3,7-10H2,1-2,4-6H3,(H,17,18);6,8-10H,5,7H2,1-4H3;4H,1-3H3/b;9-8-,11-6+,12-10+;. The number of nitrogens with one attached hydrogen (secondary N) is 1. The van der Waals surface area contributed by atoms with E-state index in [1.807, 2.05) is 34.6 Å². The zero-order chi connectivity index (χ0) is 29.2. The third-order valence-electron chi connectivity index (χ3n) is 7.19. The Balaban J connectivity index is 0. The molecular weight excluding hydrogens is 474 g/mol. The van der Waals surface area contributed by atoms with Crippen molar-refractivity contribution in [2.75, 3.05) is 6.26 Å². The topological polar surface area (TPSA) is 46.2 Å². The average Bonchev–Trinajstić information content (AvgIpc) is 3.56.